The van der Waals surface area contributed by atoms with E-state index in [-0.39, 0.29) is 5.56 Å². The average molecular weight is 266 g/mol. The minimum atomic E-state index is -1.12. The zero-order valence-electron chi connectivity index (χ0n) is 11.1. The summed E-state index contributed by atoms with van der Waals surface area (Å²) in [6, 6.07) is 1.35. The summed E-state index contributed by atoms with van der Waals surface area (Å²) in [5.41, 5.74) is -0.0413. The van der Waals surface area contributed by atoms with E-state index in [4.69, 9.17) is 0 Å². The minimum absolute atomic E-state index is 0.0413. The van der Waals surface area contributed by atoms with Gasteiger partial charge in [-0.3, -0.25) is 0 Å². The number of rotatable bonds is 3. The van der Waals surface area contributed by atoms with Crippen molar-refractivity contribution in [1.82, 2.24) is 4.98 Å². The molecule has 1 aromatic heterocycles. The zero-order valence-corrected chi connectivity index (χ0v) is 11.1. The van der Waals surface area contributed by atoms with E-state index in [0.717, 1.165) is 50.9 Å². The van der Waals surface area contributed by atoms with Gasteiger partial charge in [0.15, 0.2) is 0 Å². The van der Waals surface area contributed by atoms with Crippen LogP contribution in [0, 0.1) is 5.82 Å². The maximum atomic E-state index is 13.2. The van der Waals surface area contributed by atoms with Gasteiger partial charge in [0, 0.05) is 12.6 Å². The van der Waals surface area contributed by atoms with Crippen molar-refractivity contribution in [2.24, 2.45) is 0 Å². The number of carboxylic acid groups (broad SMARTS) is 1. The lowest BCUT2D eigenvalue weighted by atomic mass is 10.1. The fourth-order valence-corrected chi connectivity index (χ4v) is 2.70. The van der Waals surface area contributed by atoms with Gasteiger partial charge in [0.1, 0.15) is 17.2 Å². The largest absolute Gasteiger partial charge is 0.478 e. The van der Waals surface area contributed by atoms with Crippen molar-refractivity contribution in [3.05, 3.63) is 23.6 Å². The Kier molecular flexibility index (Phi) is 4.35. The number of aromatic nitrogens is 1. The Bertz CT molecular complexity index is 465. The molecule has 2 rings (SSSR count). The number of anilines is 1. The Balaban J connectivity index is 2.40. The molecule has 0 amide bonds. The molecule has 1 unspecified atom stereocenters. The van der Waals surface area contributed by atoms with Crippen LogP contribution < -0.4 is 4.90 Å². The van der Waals surface area contributed by atoms with Crippen LogP contribution in [0.4, 0.5) is 10.2 Å². The molecule has 5 heteroatoms. The third-order valence-electron chi connectivity index (χ3n) is 3.68. The van der Waals surface area contributed by atoms with Crippen LogP contribution in [-0.4, -0.2) is 28.6 Å². The van der Waals surface area contributed by atoms with Gasteiger partial charge in [-0.25, -0.2) is 14.2 Å². The molecule has 4 nitrogen and oxygen atoms in total. The van der Waals surface area contributed by atoms with Crippen molar-refractivity contribution >= 4 is 11.8 Å². The van der Waals surface area contributed by atoms with Crippen molar-refractivity contribution in [2.75, 3.05) is 11.4 Å². The molecule has 1 N–H and O–H groups in total. The minimum Gasteiger partial charge on any atom is -0.478 e. The predicted octanol–water partition coefficient (Wildman–Crippen LogP) is 3.08. The molecule has 0 radical (unpaired) electrons. The van der Waals surface area contributed by atoms with E-state index in [9.17, 15) is 14.3 Å². The quantitative estimate of drug-likeness (QED) is 0.913. The van der Waals surface area contributed by atoms with Crippen LogP contribution >= 0.6 is 0 Å². The first-order valence-electron chi connectivity index (χ1n) is 6.79. The van der Waals surface area contributed by atoms with Crippen LogP contribution in [0.5, 0.6) is 0 Å². The summed E-state index contributed by atoms with van der Waals surface area (Å²) < 4.78 is 13.2. The molecule has 0 aromatic carbocycles. The number of carboxylic acids is 1. The highest BCUT2D eigenvalue weighted by molar-refractivity contribution is 5.93. The summed E-state index contributed by atoms with van der Waals surface area (Å²) >= 11 is 0. The molecule has 1 aliphatic heterocycles. The SMILES string of the molecule is CCC1CCCCCN1c1ncc(F)cc1C(=O)O. The van der Waals surface area contributed by atoms with E-state index in [1.54, 1.807) is 0 Å². The van der Waals surface area contributed by atoms with Crippen molar-refractivity contribution in [3.63, 3.8) is 0 Å². The topological polar surface area (TPSA) is 53.4 Å². The number of pyridine rings is 1. The predicted molar refractivity (Wildman–Crippen MR) is 71.0 cm³/mol. The number of carbonyl (C=O) groups is 1. The third-order valence-corrected chi connectivity index (χ3v) is 3.68. The van der Waals surface area contributed by atoms with E-state index in [0.29, 0.717) is 11.9 Å². The van der Waals surface area contributed by atoms with Crippen LogP contribution in [0.1, 0.15) is 49.4 Å². The lowest BCUT2D eigenvalue weighted by Crippen LogP contribution is -2.36. The zero-order chi connectivity index (χ0) is 13.8. The van der Waals surface area contributed by atoms with E-state index in [1.807, 2.05) is 4.90 Å². The molecule has 1 atom stereocenters. The van der Waals surface area contributed by atoms with Crippen molar-refractivity contribution in [2.45, 2.75) is 45.1 Å². The molecule has 0 aliphatic carbocycles. The maximum absolute atomic E-state index is 13.2. The molecule has 0 saturated carbocycles. The highest BCUT2D eigenvalue weighted by Crippen LogP contribution is 2.27. The van der Waals surface area contributed by atoms with E-state index < -0.39 is 11.8 Å². The molecule has 1 saturated heterocycles. The number of hydrogen-bond acceptors (Lipinski definition) is 3. The van der Waals surface area contributed by atoms with Gasteiger partial charge < -0.3 is 10.0 Å². The maximum Gasteiger partial charge on any atom is 0.339 e. The van der Waals surface area contributed by atoms with E-state index >= 15 is 0 Å². The molecule has 1 aliphatic rings. The van der Waals surface area contributed by atoms with Gasteiger partial charge in [0.05, 0.1) is 6.20 Å². The summed E-state index contributed by atoms with van der Waals surface area (Å²) in [4.78, 5) is 17.3. The average Bonchev–Trinajstić information content (AvgIpc) is 2.63. The molecule has 0 spiro atoms. The molecule has 1 aromatic rings. The summed E-state index contributed by atoms with van der Waals surface area (Å²) in [5, 5.41) is 9.22. The van der Waals surface area contributed by atoms with Crippen molar-refractivity contribution in [1.29, 1.82) is 0 Å². The highest BCUT2D eigenvalue weighted by atomic mass is 19.1. The summed E-state index contributed by atoms with van der Waals surface area (Å²) in [5.74, 6) is -1.33. The Hall–Kier alpha value is -1.65. The Morgan fingerprint density at radius 1 is 1.53 bits per heavy atom. The Morgan fingerprint density at radius 2 is 2.32 bits per heavy atom. The van der Waals surface area contributed by atoms with Crippen LogP contribution in [-0.2, 0) is 0 Å². The third kappa shape index (κ3) is 3.03. The van der Waals surface area contributed by atoms with Crippen LogP contribution in [0.2, 0.25) is 0 Å². The number of hydrogen-bond donors (Lipinski definition) is 1. The standard InChI is InChI=1S/C14H19FN2O2/c1-2-11-6-4-3-5-7-17(11)13-12(14(18)19)8-10(15)9-16-13/h8-9,11H,2-7H2,1H3,(H,18,19). The fraction of sp³-hybridized carbons (Fsp3) is 0.571. The number of halogens is 1. The molecule has 104 valence electrons. The smallest absolute Gasteiger partial charge is 0.339 e. The first kappa shape index (κ1) is 13.8. The Labute approximate surface area is 112 Å². The highest BCUT2D eigenvalue weighted by Gasteiger charge is 2.25. The molecule has 1 fully saturated rings. The summed E-state index contributed by atoms with van der Waals surface area (Å²) in [6.45, 7) is 2.88. The molecule has 19 heavy (non-hydrogen) atoms. The molecular weight excluding hydrogens is 247 g/mol. The van der Waals surface area contributed by atoms with E-state index in [1.165, 1.54) is 0 Å². The number of nitrogens with zero attached hydrogens (tertiary/aromatic N) is 2. The first-order valence-corrected chi connectivity index (χ1v) is 6.79. The fourth-order valence-electron chi connectivity index (χ4n) is 2.70. The second-order valence-electron chi connectivity index (χ2n) is 4.93. The summed E-state index contributed by atoms with van der Waals surface area (Å²) in [6.07, 6.45) is 6.40. The van der Waals surface area contributed by atoms with Crippen LogP contribution in [0.15, 0.2) is 12.3 Å². The van der Waals surface area contributed by atoms with Crippen LogP contribution in [0.25, 0.3) is 0 Å². The van der Waals surface area contributed by atoms with Gasteiger partial charge in [-0.2, -0.15) is 0 Å². The second kappa shape index (κ2) is 5.99. The van der Waals surface area contributed by atoms with Gasteiger partial charge in [-0.15, -0.1) is 0 Å². The lowest BCUT2D eigenvalue weighted by Gasteiger charge is -2.31. The van der Waals surface area contributed by atoms with Gasteiger partial charge in [-0.1, -0.05) is 19.8 Å². The van der Waals surface area contributed by atoms with Gasteiger partial charge in [0.2, 0.25) is 0 Å². The van der Waals surface area contributed by atoms with Crippen LogP contribution in [0.3, 0.4) is 0 Å². The van der Waals surface area contributed by atoms with Crippen molar-refractivity contribution in [3.8, 4) is 0 Å². The normalized spacial score (nSPS) is 20.1. The molecular formula is C14H19FN2O2. The Morgan fingerprint density at radius 3 is 3.00 bits per heavy atom. The second-order valence-corrected chi connectivity index (χ2v) is 4.93. The lowest BCUT2D eigenvalue weighted by molar-refractivity contribution is 0.0696. The monoisotopic (exact) mass is 266 g/mol. The van der Waals surface area contributed by atoms with Gasteiger partial charge >= 0.3 is 5.97 Å². The first-order chi connectivity index (χ1) is 9.13. The molecule has 2 heterocycles. The number of aromatic carboxylic acids is 1. The van der Waals surface area contributed by atoms with Gasteiger partial charge in [-0.05, 0) is 25.3 Å². The van der Waals surface area contributed by atoms with Gasteiger partial charge in [0.25, 0.3) is 0 Å². The molecule has 0 bridgehead atoms. The van der Waals surface area contributed by atoms with Crippen molar-refractivity contribution < 1.29 is 14.3 Å². The summed E-state index contributed by atoms with van der Waals surface area (Å²) in [7, 11) is 0. The van der Waals surface area contributed by atoms with E-state index in [2.05, 4.69) is 11.9 Å².